The molecule has 0 amide bonds. The number of ether oxygens (including phenoxy) is 1. The zero-order valence-corrected chi connectivity index (χ0v) is 8.34. The van der Waals surface area contributed by atoms with Crippen LogP contribution in [0.25, 0.3) is 0 Å². The Morgan fingerprint density at radius 2 is 2.08 bits per heavy atom. The maximum Gasteiger partial charge on any atom is 0.302 e. The summed E-state index contributed by atoms with van der Waals surface area (Å²) in [6.45, 7) is 1.90. The molecular formula is C10H12O2S. The van der Waals surface area contributed by atoms with Crippen molar-refractivity contribution in [3.05, 3.63) is 30.3 Å². The minimum absolute atomic E-state index is 0.214. The average Bonchev–Trinajstić information content (AvgIpc) is 2.14. The normalized spacial score (nSPS) is 9.62. The van der Waals surface area contributed by atoms with Gasteiger partial charge in [0.25, 0.3) is 0 Å². The summed E-state index contributed by atoms with van der Waals surface area (Å²) in [4.78, 5) is 11.6. The van der Waals surface area contributed by atoms with Crippen LogP contribution in [-0.2, 0) is 9.53 Å². The number of thioether (sulfide) groups is 1. The highest BCUT2D eigenvalue weighted by atomic mass is 32.2. The highest BCUT2D eigenvalue weighted by molar-refractivity contribution is 7.99. The van der Waals surface area contributed by atoms with E-state index in [2.05, 4.69) is 0 Å². The number of hydrogen-bond acceptors (Lipinski definition) is 3. The van der Waals surface area contributed by atoms with Gasteiger partial charge in [-0.2, -0.15) is 0 Å². The fourth-order valence-corrected chi connectivity index (χ4v) is 1.61. The lowest BCUT2D eigenvalue weighted by Gasteiger charge is -2.01. The van der Waals surface area contributed by atoms with E-state index in [0.29, 0.717) is 6.61 Å². The van der Waals surface area contributed by atoms with Crippen LogP contribution in [-0.4, -0.2) is 18.3 Å². The van der Waals surface area contributed by atoms with Gasteiger partial charge in [-0.25, -0.2) is 0 Å². The first kappa shape index (κ1) is 10.1. The van der Waals surface area contributed by atoms with Gasteiger partial charge in [0.15, 0.2) is 0 Å². The Balaban J connectivity index is 2.17. The molecule has 0 radical (unpaired) electrons. The van der Waals surface area contributed by atoms with E-state index >= 15 is 0 Å². The SMILES string of the molecule is CC(=O)OCCSc1ccccc1. The second-order valence-electron chi connectivity index (χ2n) is 2.50. The number of esters is 1. The van der Waals surface area contributed by atoms with Crippen LogP contribution in [0.4, 0.5) is 0 Å². The molecule has 0 bridgehead atoms. The van der Waals surface area contributed by atoms with E-state index in [0.717, 1.165) is 5.75 Å². The molecule has 0 saturated carbocycles. The minimum Gasteiger partial charge on any atom is -0.465 e. The third kappa shape index (κ3) is 4.58. The van der Waals surface area contributed by atoms with Crippen LogP contribution in [0.3, 0.4) is 0 Å². The van der Waals surface area contributed by atoms with Crippen molar-refractivity contribution in [2.75, 3.05) is 12.4 Å². The average molecular weight is 196 g/mol. The van der Waals surface area contributed by atoms with Gasteiger partial charge >= 0.3 is 5.97 Å². The fraction of sp³-hybridized carbons (Fsp3) is 0.300. The molecule has 3 heteroatoms. The van der Waals surface area contributed by atoms with Gasteiger partial charge in [-0.15, -0.1) is 11.8 Å². The zero-order chi connectivity index (χ0) is 9.52. The molecular weight excluding hydrogens is 184 g/mol. The van der Waals surface area contributed by atoms with Crippen molar-refractivity contribution in [2.24, 2.45) is 0 Å². The summed E-state index contributed by atoms with van der Waals surface area (Å²) in [5.41, 5.74) is 0. The van der Waals surface area contributed by atoms with Crippen LogP contribution in [0, 0.1) is 0 Å². The molecule has 0 aliphatic carbocycles. The summed E-state index contributed by atoms with van der Waals surface area (Å²) in [6, 6.07) is 10.1. The molecule has 0 aliphatic heterocycles. The van der Waals surface area contributed by atoms with E-state index in [-0.39, 0.29) is 5.97 Å². The summed E-state index contributed by atoms with van der Waals surface area (Å²) in [5, 5.41) is 0. The van der Waals surface area contributed by atoms with Crippen LogP contribution in [0.2, 0.25) is 0 Å². The van der Waals surface area contributed by atoms with Gasteiger partial charge in [0.2, 0.25) is 0 Å². The summed E-state index contributed by atoms with van der Waals surface area (Å²) >= 11 is 1.69. The number of carbonyl (C=O) groups is 1. The molecule has 0 aromatic heterocycles. The number of carbonyl (C=O) groups excluding carboxylic acids is 1. The quantitative estimate of drug-likeness (QED) is 0.420. The third-order valence-electron chi connectivity index (χ3n) is 1.40. The van der Waals surface area contributed by atoms with E-state index in [1.807, 2.05) is 30.3 Å². The Morgan fingerprint density at radius 3 is 2.69 bits per heavy atom. The van der Waals surface area contributed by atoms with Crippen LogP contribution in [0.5, 0.6) is 0 Å². The molecule has 1 aromatic carbocycles. The second-order valence-corrected chi connectivity index (χ2v) is 3.67. The maximum atomic E-state index is 10.4. The van der Waals surface area contributed by atoms with Gasteiger partial charge in [-0.3, -0.25) is 4.79 Å². The number of benzene rings is 1. The predicted octanol–water partition coefficient (Wildman–Crippen LogP) is 2.34. The van der Waals surface area contributed by atoms with Crippen LogP contribution in [0.1, 0.15) is 6.92 Å². The molecule has 0 heterocycles. The third-order valence-corrected chi connectivity index (χ3v) is 2.38. The van der Waals surface area contributed by atoms with Crippen molar-refractivity contribution in [1.82, 2.24) is 0 Å². The van der Waals surface area contributed by atoms with Crippen molar-refractivity contribution in [3.63, 3.8) is 0 Å². The molecule has 0 aliphatic rings. The highest BCUT2D eigenvalue weighted by Crippen LogP contribution is 2.16. The van der Waals surface area contributed by atoms with Gasteiger partial charge < -0.3 is 4.74 Å². The van der Waals surface area contributed by atoms with Crippen molar-refractivity contribution in [3.8, 4) is 0 Å². The second kappa shape index (κ2) is 5.65. The molecule has 0 atom stereocenters. The lowest BCUT2D eigenvalue weighted by Crippen LogP contribution is -2.02. The standard InChI is InChI=1S/C10H12O2S/c1-9(11)12-7-8-13-10-5-3-2-4-6-10/h2-6H,7-8H2,1H3. The summed E-state index contributed by atoms with van der Waals surface area (Å²) in [7, 11) is 0. The first-order valence-corrected chi connectivity index (χ1v) is 5.09. The molecule has 0 unspecified atom stereocenters. The topological polar surface area (TPSA) is 26.3 Å². The Hall–Kier alpha value is -0.960. The monoisotopic (exact) mass is 196 g/mol. The van der Waals surface area contributed by atoms with Crippen molar-refractivity contribution in [2.45, 2.75) is 11.8 Å². The van der Waals surface area contributed by atoms with Gasteiger partial charge in [0, 0.05) is 17.6 Å². The predicted molar refractivity (Wildman–Crippen MR) is 53.8 cm³/mol. The van der Waals surface area contributed by atoms with Gasteiger partial charge in [0.05, 0.1) is 0 Å². The van der Waals surface area contributed by atoms with Crippen molar-refractivity contribution in [1.29, 1.82) is 0 Å². The Morgan fingerprint density at radius 1 is 1.38 bits per heavy atom. The number of rotatable bonds is 4. The minimum atomic E-state index is -0.214. The molecule has 13 heavy (non-hydrogen) atoms. The Kier molecular flexibility index (Phi) is 4.40. The van der Waals surface area contributed by atoms with Crippen molar-refractivity contribution < 1.29 is 9.53 Å². The van der Waals surface area contributed by atoms with Crippen LogP contribution >= 0.6 is 11.8 Å². The number of hydrogen-bond donors (Lipinski definition) is 0. The Bertz CT molecular complexity index is 259. The first-order chi connectivity index (χ1) is 6.29. The molecule has 0 spiro atoms. The molecule has 0 saturated heterocycles. The summed E-state index contributed by atoms with van der Waals surface area (Å²) in [5.74, 6) is 0.595. The van der Waals surface area contributed by atoms with Gasteiger partial charge in [-0.05, 0) is 12.1 Å². The first-order valence-electron chi connectivity index (χ1n) is 4.10. The zero-order valence-electron chi connectivity index (χ0n) is 7.53. The molecule has 1 rings (SSSR count). The van der Waals surface area contributed by atoms with Gasteiger partial charge in [-0.1, -0.05) is 18.2 Å². The van der Waals surface area contributed by atoms with Crippen molar-refractivity contribution >= 4 is 17.7 Å². The highest BCUT2D eigenvalue weighted by Gasteiger charge is 1.94. The molecule has 2 nitrogen and oxygen atoms in total. The van der Waals surface area contributed by atoms with E-state index in [1.165, 1.54) is 11.8 Å². The lowest BCUT2D eigenvalue weighted by molar-refractivity contribution is -0.140. The van der Waals surface area contributed by atoms with E-state index in [4.69, 9.17) is 4.74 Å². The van der Waals surface area contributed by atoms with Gasteiger partial charge in [0.1, 0.15) is 6.61 Å². The maximum absolute atomic E-state index is 10.4. The van der Waals surface area contributed by atoms with E-state index in [9.17, 15) is 4.79 Å². The Labute approximate surface area is 82.3 Å². The smallest absolute Gasteiger partial charge is 0.302 e. The summed E-state index contributed by atoms with van der Waals surface area (Å²) < 4.78 is 4.80. The molecule has 0 fully saturated rings. The molecule has 1 aromatic rings. The van der Waals surface area contributed by atoms with E-state index < -0.39 is 0 Å². The molecule has 70 valence electrons. The molecule has 0 N–H and O–H groups in total. The lowest BCUT2D eigenvalue weighted by atomic mass is 10.4. The van der Waals surface area contributed by atoms with E-state index in [1.54, 1.807) is 11.8 Å². The van der Waals surface area contributed by atoms with Crippen LogP contribution in [0.15, 0.2) is 35.2 Å². The van der Waals surface area contributed by atoms with Crippen LogP contribution < -0.4 is 0 Å². The largest absolute Gasteiger partial charge is 0.465 e. The fourth-order valence-electron chi connectivity index (χ4n) is 0.862. The summed E-state index contributed by atoms with van der Waals surface area (Å²) in [6.07, 6.45) is 0.